The molecular weight excluding hydrogens is 242 g/mol. The SMILES string of the molecule is Cc1nccn1CCN(C)CC(=O)N1CCNCC1. The van der Waals surface area contributed by atoms with E-state index in [-0.39, 0.29) is 5.91 Å². The summed E-state index contributed by atoms with van der Waals surface area (Å²) in [5.74, 6) is 1.24. The Morgan fingerprint density at radius 3 is 2.84 bits per heavy atom. The highest BCUT2D eigenvalue weighted by Gasteiger charge is 2.17. The molecule has 1 aromatic rings. The number of imidazole rings is 1. The summed E-state index contributed by atoms with van der Waals surface area (Å²) in [7, 11) is 1.99. The zero-order valence-corrected chi connectivity index (χ0v) is 11.8. The molecule has 6 nitrogen and oxygen atoms in total. The maximum Gasteiger partial charge on any atom is 0.236 e. The number of aromatic nitrogens is 2. The highest BCUT2D eigenvalue weighted by Crippen LogP contribution is 1.98. The summed E-state index contributed by atoms with van der Waals surface area (Å²) in [5.41, 5.74) is 0. The van der Waals surface area contributed by atoms with Crippen LogP contribution in [0.25, 0.3) is 0 Å². The van der Waals surface area contributed by atoms with Crippen LogP contribution >= 0.6 is 0 Å². The van der Waals surface area contributed by atoms with Gasteiger partial charge in [0, 0.05) is 51.7 Å². The minimum atomic E-state index is 0.228. The van der Waals surface area contributed by atoms with Crippen molar-refractivity contribution in [1.29, 1.82) is 0 Å². The van der Waals surface area contributed by atoms with E-state index >= 15 is 0 Å². The number of nitrogens with zero attached hydrogens (tertiary/aromatic N) is 4. The van der Waals surface area contributed by atoms with Crippen LogP contribution < -0.4 is 5.32 Å². The lowest BCUT2D eigenvalue weighted by atomic mass is 10.3. The summed E-state index contributed by atoms with van der Waals surface area (Å²) in [6.07, 6.45) is 3.78. The van der Waals surface area contributed by atoms with Gasteiger partial charge in [-0.15, -0.1) is 0 Å². The fourth-order valence-corrected chi connectivity index (χ4v) is 2.24. The third-order valence-electron chi connectivity index (χ3n) is 3.52. The van der Waals surface area contributed by atoms with E-state index in [9.17, 15) is 4.79 Å². The predicted molar refractivity (Wildman–Crippen MR) is 73.9 cm³/mol. The lowest BCUT2D eigenvalue weighted by Crippen LogP contribution is -2.49. The van der Waals surface area contributed by atoms with Crippen molar-refractivity contribution in [3.05, 3.63) is 18.2 Å². The zero-order valence-electron chi connectivity index (χ0n) is 11.8. The molecule has 1 saturated heterocycles. The van der Waals surface area contributed by atoms with E-state index in [1.54, 1.807) is 6.20 Å². The molecule has 0 aromatic carbocycles. The van der Waals surface area contributed by atoms with Crippen LogP contribution in [-0.4, -0.2) is 71.6 Å². The molecule has 1 aliphatic rings. The Kier molecular flexibility index (Phi) is 4.93. The molecule has 0 aliphatic carbocycles. The van der Waals surface area contributed by atoms with E-state index in [0.29, 0.717) is 6.54 Å². The van der Waals surface area contributed by atoms with E-state index in [2.05, 4.69) is 19.8 Å². The highest BCUT2D eigenvalue weighted by molar-refractivity contribution is 5.78. The second kappa shape index (κ2) is 6.68. The summed E-state index contributed by atoms with van der Waals surface area (Å²) in [6, 6.07) is 0. The van der Waals surface area contributed by atoms with E-state index < -0.39 is 0 Å². The van der Waals surface area contributed by atoms with Gasteiger partial charge in [-0.1, -0.05) is 0 Å². The lowest BCUT2D eigenvalue weighted by molar-refractivity contribution is -0.132. The molecule has 6 heteroatoms. The topological polar surface area (TPSA) is 53.4 Å². The van der Waals surface area contributed by atoms with Crippen LogP contribution in [0.3, 0.4) is 0 Å². The molecule has 2 rings (SSSR count). The molecule has 0 unspecified atom stereocenters. The van der Waals surface area contributed by atoms with Gasteiger partial charge in [0.25, 0.3) is 0 Å². The Morgan fingerprint density at radius 2 is 2.21 bits per heavy atom. The zero-order chi connectivity index (χ0) is 13.7. The fourth-order valence-electron chi connectivity index (χ4n) is 2.24. The summed E-state index contributed by atoms with van der Waals surface area (Å²) < 4.78 is 2.10. The van der Waals surface area contributed by atoms with Gasteiger partial charge < -0.3 is 14.8 Å². The van der Waals surface area contributed by atoms with Crippen LogP contribution in [-0.2, 0) is 11.3 Å². The molecule has 0 saturated carbocycles. The number of piperazine rings is 1. The maximum atomic E-state index is 12.1. The molecular formula is C13H23N5O. The molecule has 0 atom stereocenters. The number of rotatable bonds is 5. The number of amides is 1. The second-order valence-electron chi connectivity index (χ2n) is 5.04. The molecule has 19 heavy (non-hydrogen) atoms. The number of hydrogen-bond acceptors (Lipinski definition) is 4. The highest BCUT2D eigenvalue weighted by atomic mass is 16.2. The van der Waals surface area contributed by atoms with Crippen LogP contribution in [0.1, 0.15) is 5.82 Å². The van der Waals surface area contributed by atoms with Crippen LogP contribution in [0.15, 0.2) is 12.4 Å². The van der Waals surface area contributed by atoms with Crippen molar-refractivity contribution in [1.82, 2.24) is 24.7 Å². The van der Waals surface area contributed by atoms with Crippen molar-refractivity contribution in [2.24, 2.45) is 0 Å². The molecule has 1 aromatic heterocycles. The maximum absolute atomic E-state index is 12.1. The van der Waals surface area contributed by atoms with Gasteiger partial charge in [0.15, 0.2) is 0 Å². The van der Waals surface area contributed by atoms with Gasteiger partial charge in [-0.05, 0) is 14.0 Å². The van der Waals surface area contributed by atoms with Crippen LogP contribution in [0, 0.1) is 6.92 Å². The normalized spacial score (nSPS) is 16.1. The quantitative estimate of drug-likeness (QED) is 0.784. The Hall–Kier alpha value is -1.40. The first-order chi connectivity index (χ1) is 9.16. The molecule has 1 N–H and O–H groups in total. The first-order valence-electron chi connectivity index (χ1n) is 6.81. The molecule has 1 amide bonds. The third-order valence-corrected chi connectivity index (χ3v) is 3.52. The van der Waals surface area contributed by atoms with Crippen molar-refractivity contribution < 1.29 is 4.79 Å². The lowest BCUT2D eigenvalue weighted by Gasteiger charge is -2.29. The molecule has 1 fully saturated rings. The number of likely N-dealkylation sites (N-methyl/N-ethyl adjacent to an activating group) is 1. The van der Waals surface area contributed by atoms with E-state index in [4.69, 9.17) is 0 Å². The van der Waals surface area contributed by atoms with Crippen molar-refractivity contribution >= 4 is 5.91 Å². The Bertz CT molecular complexity index is 411. The average Bonchev–Trinajstić information content (AvgIpc) is 2.83. The van der Waals surface area contributed by atoms with E-state index in [1.807, 2.05) is 25.1 Å². The summed E-state index contributed by atoms with van der Waals surface area (Å²) in [6.45, 7) is 7.68. The first kappa shape index (κ1) is 14.0. The second-order valence-corrected chi connectivity index (χ2v) is 5.04. The van der Waals surface area contributed by atoms with E-state index in [0.717, 1.165) is 45.1 Å². The molecule has 1 aliphatic heterocycles. The Balaban J connectivity index is 1.73. The monoisotopic (exact) mass is 265 g/mol. The number of aryl methyl sites for hydroxylation is 1. The smallest absolute Gasteiger partial charge is 0.236 e. The minimum absolute atomic E-state index is 0.228. The van der Waals surface area contributed by atoms with Gasteiger partial charge in [0.05, 0.1) is 6.54 Å². The van der Waals surface area contributed by atoms with E-state index in [1.165, 1.54) is 0 Å². The summed E-state index contributed by atoms with van der Waals surface area (Å²) in [5, 5.41) is 3.26. The van der Waals surface area contributed by atoms with Crippen LogP contribution in [0.5, 0.6) is 0 Å². The predicted octanol–water partition coefficient (Wildman–Crippen LogP) is -0.445. The fraction of sp³-hybridized carbons (Fsp3) is 0.692. The Morgan fingerprint density at radius 1 is 1.47 bits per heavy atom. The molecule has 106 valence electrons. The van der Waals surface area contributed by atoms with Gasteiger partial charge in [-0.2, -0.15) is 0 Å². The largest absolute Gasteiger partial charge is 0.339 e. The molecule has 2 heterocycles. The standard InChI is InChI=1S/C13H23N5O/c1-12-15-5-8-17(12)10-9-16(2)11-13(19)18-6-3-14-4-7-18/h5,8,14H,3-4,6-7,9-11H2,1-2H3. The number of carbonyl (C=O) groups excluding carboxylic acids is 1. The number of nitrogens with one attached hydrogen (secondary N) is 1. The van der Waals surface area contributed by atoms with Gasteiger partial charge in [0.1, 0.15) is 5.82 Å². The van der Waals surface area contributed by atoms with Crippen LogP contribution in [0.4, 0.5) is 0 Å². The van der Waals surface area contributed by atoms with Crippen molar-refractivity contribution in [2.45, 2.75) is 13.5 Å². The van der Waals surface area contributed by atoms with Crippen molar-refractivity contribution in [2.75, 3.05) is 46.3 Å². The molecule has 0 radical (unpaired) electrons. The third kappa shape index (κ3) is 4.04. The van der Waals surface area contributed by atoms with Gasteiger partial charge in [-0.3, -0.25) is 9.69 Å². The number of hydrogen-bond donors (Lipinski definition) is 1. The first-order valence-corrected chi connectivity index (χ1v) is 6.81. The van der Waals surface area contributed by atoms with Crippen LogP contribution in [0.2, 0.25) is 0 Å². The summed E-state index contributed by atoms with van der Waals surface area (Å²) in [4.78, 5) is 20.3. The van der Waals surface area contributed by atoms with Gasteiger partial charge >= 0.3 is 0 Å². The minimum Gasteiger partial charge on any atom is -0.339 e. The molecule has 0 bridgehead atoms. The van der Waals surface area contributed by atoms with Crippen molar-refractivity contribution in [3.63, 3.8) is 0 Å². The molecule has 0 spiro atoms. The van der Waals surface area contributed by atoms with Gasteiger partial charge in [0.2, 0.25) is 5.91 Å². The van der Waals surface area contributed by atoms with Gasteiger partial charge in [-0.25, -0.2) is 4.98 Å². The van der Waals surface area contributed by atoms with Crippen molar-refractivity contribution in [3.8, 4) is 0 Å². The number of carbonyl (C=O) groups is 1. The Labute approximate surface area is 114 Å². The summed E-state index contributed by atoms with van der Waals surface area (Å²) >= 11 is 0. The average molecular weight is 265 g/mol.